The molecule has 0 unspecified atom stereocenters. The third-order valence-electron chi connectivity index (χ3n) is 5.32. The van der Waals surface area contributed by atoms with Gasteiger partial charge >= 0.3 is 6.18 Å². The van der Waals surface area contributed by atoms with Crippen molar-refractivity contribution in [2.75, 3.05) is 18.4 Å². The number of alkyl halides is 3. The van der Waals surface area contributed by atoms with Crippen LogP contribution in [0.5, 0.6) is 0 Å². The largest absolute Gasteiger partial charge is 0.418 e. The Morgan fingerprint density at radius 3 is 2.47 bits per heavy atom. The number of hydrogen-bond acceptors (Lipinski definition) is 4. The van der Waals surface area contributed by atoms with E-state index in [2.05, 4.69) is 15.6 Å². The van der Waals surface area contributed by atoms with Crippen LogP contribution in [-0.4, -0.2) is 44.8 Å². The summed E-state index contributed by atoms with van der Waals surface area (Å²) in [4.78, 5) is 27.4. The summed E-state index contributed by atoms with van der Waals surface area (Å²) in [6.07, 6.45) is -1.60. The van der Waals surface area contributed by atoms with Gasteiger partial charge in [0.25, 0.3) is 11.8 Å². The van der Waals surface area contributed by atoms with Gasteiger partial charge in [-0.05, 0) is 43.5 Å². The van der Waals surface area contributed by atoms with Crippen LogP contribution in [0.2, 0.25) is 0 Å². The lowest BCUT2D eigenvalue weighted by molar-refractivity contribution is -0.137. The lowest BCUT2D eigenvalue weighted by Crippen LogP contribution is -2.29. The van der Waals surface area contributed by atoms with Crippen molar-refractivity contribution in [3.05, 3.63) is 71.0 Å². The summed E-state index contributed by atoms with van der Waals surface area (Å²) in [5.41, 5.74) is 0.0688. The fourth-order valence-electron chi connectivity index (χ4n) is 3.68. The second kappa shape index (κ2) is 8.45. The molecule has 1 aliphatic rings. The molecule has 1 aliphatic heterocycles. The van der Waals surface area contributed by atoms with Crippen molar-refractivity contribution in [2.24, 2.45) is 0 Å². The molecule has 1 fully saturated rings. The third-order valence-corrected chi connectivity index (χ3v) is 5.32. The number of benzene rings is 2. The fourth-order valence-corrected chi connectivity index (χ4v) is 3.68. The van der Waals surface area contributed by atoms with Gasteiger partial charge in [0.1, 0.15) is 0 Å². The molecular weight excluding hydrogens is 423 g/mol. The summed E-state index contributed by atoms with van der Waals surface area (Å²) in [5.74, 6) is -0.852. The van der Waals surface area contributed by atoms with Crippen molar-refractivity contribution in [3.8, 4) is 5.69 Å². The highest BCUT2D eigenvalue weighted by Crippen LogP contribution is 2.33. The minimum atomic E-state index is -4.59. The number of aryl methyl sites for hydroxylation is 1. The van der Waals surface area contributed by atoms with E-state index < -0.39 is 17.6 Å². The van der Waals surface area contributed by atoms with Gasteiger partial charge in [0.15, 0.2) is 5.69 Å². The molecule has 0 spiro atoms. The smallest absolute Gasteiger partial charge is 0.339 e. The second-order valence-corrected chi connectivity index (χ2v) is 7.51. The highest BCUT2D eigenvalue weighted by atomic mass is 19.4. The number of halogens is 3. The summed E-state index contributed by atoms with van der Waals surface area (Å²) in [7, 11) is 0. The first-order valence-electron chi connectivity index (χ1n) is 10.0. The van der Waals surface area contributed by atoms with E-state index in [4.69, 9.17) is 0 Å². The number of aromatic nitrogens is 3. The van der Waals surface area contributed by atoms with Gasteiger partial charge in [-0.25, -0.2) is 4.68 Å². The highest BCUT2D eigenvalue weighted by molar-refractivity contribution is 6.08. The topological polar surface area (TPSA) is 80.1 Å². The number of nitrogens with zero attached hydrogens (tertiary/aromatic N) is 4. The molecule has 3 aromatic rings. The monoisotopic (exact) mass is 443 g/mol. The second-order valence-electron chi connectivity index (χ2n) is 7.51. The number of amides is 2. The number of carbonyl (C=O) groups excluding carboxylic acids is 2. The van der Waals surface area contributed by atoms with E-state index in [1.54, 1.807) is 30.0 Å². The minimum Gasteiger partial charge on any atom is -0.339 e. The molecule has 0 aliphatic carbocycles. The molecule has 7 nitrogen and oxygen atoms in total. The predicted octanol–water partition coefficient (Wildman–Crippen LogP) is 4.08. The molecule has 32 heavy (non-hydrogen) atoms. The van der Waals surface area contributed by atoms with Crippen LogP contribution >= 0.6 is 0 Å². The van der Waals surface area contributed by atoms with E-state index in [1.807, 2.05) is 0 Å². The van der Waals surface area contributed by atoms with Crippen LogP contribution < -0.4 is 5.32 Å². The summed E-state index contributed by atoms with van der Waals surface area (Å²) in [5, 5.41) is 10.1. The number of rotatable bonds is 4. The maximum Gasteiger partial charge on any atom is 0.418 e. The Hall–Kier alpha value is -3.69. The Labute approximate surface area is 181 Å². The van der Waals surface area contributed by atoms with Gasteiger partial charge in [-0.3, -0.25) is 9.59 Å². The van der Waals surface area contributed by atoms with Crippen molar-refractivity contribution in [2.45, 2.75) is 25.9 Å². The lowest BCUT2D eigenvalue weighted by atomic mass is 10.1. The number of para-hydroxylation sites is 2. The zero-order valence-electron chi connectivity index (χ0n) is 17.2. The first-order chi connectivity index (χ1) is 15.3. The normalized spacial score (nSPS) is 13.9. The van der Waals surface area contributed by atoms with Crippen LogP contribution in [0.15, 0.2) is 48.7 Å². The lowest BCUT2D eigenvalue weighted by Gasteiger charge is -2.19. The molecule has 166 valence electrons. The Morgan fingerprint density at radius 1 is 1.03 bits per heavy atom. The molecule has 10 heteroatoms. The third kappa shape index (κ3) is 4.20. The van der Waals surface area contributed by atoms with Gasteiger partial charge in [-0.2, -0.15) is 13.2 Å². The molecule has 2 heterocycles. The fraction of sp³-hybridized carbons (Fsp3) is 0.273. The van der Waals surface area contributed by atoms with Gasteiger partial charge < -0.3 is 10.2 Å². The van der Waals surface area contributed by atoms with E-state index in [9.17, 15) is 22.8 Å². The summed E-state index contributed by atoms with van der Waals surface area (Å²) >= 11 is 0. The number of likely N-dealkylation sites (tertiary alicyclic amines) is 1. The highest BCUT2D eigenvalue weighted by Gasteiger charge is 2.34. The first kappa shape index (κ1) is 21.5. The molecule has 0 radical (unpaired) electrons. The van der Waals surface area contributed by atoms with Gasteiger partial charge in [0, 0.05) is 13.1 Å². The Bertz CT molecular complexity index is 1170. The molecule has 1 N–H and O–H groups in total. The van der Waals surface area contributed by atoms with Gasteiger partial charge in [-0.15, -0.1) is 5.10 Å². The average molecular weight is 443 g/mol. The molecule has 1 saturated heterocycles. The summed E-state index contributed by atoms with van der Waals surface area (Å²) in [6, 6.07) is 10.0. The molecule has 2 aromatic carbocycles. The van der Waals surface area contributed by atoms with E-state index in [0.717, 1.165) is 29.8 Å². The van der Waals surface area contributed by atoms with Gasteiger partial charge in [0.2, 0.25) is 0 Å². The molecule has 0 saturated carbocycles. The Morgan fingerprint density at radius 2 is 1.75 bits per heavy atom. The molecule has 0 bridgehead atoms. The van der Waals surface area contributed by atoms with Gasteiger partial charge in [0.05, 0.1) is 28.7 Å². The van der Waals surface area contributed by atoms with Crippen LogP contribution in [0.1, 0.15) is 44.8 Å². The average Bonchev–Trinajstić information content (AvgIpc) is 3.46. The van der Waals surface area contributed by atoms with Crippen molar-refractivity contribution in [3.63, 3.8) is 0 Å². The predicted molar refractivity (Wildman–Crippen MR) is 111 cm³/mol. The Balaban J connectivity index is 1.61. The van der Waals surface area contributed by atoms with E-state index in [1.165, 1.54) is 18.2 Å². The van der Waals surface area contributed by atoms with E-state index in [-0.39, 0.29) is 17.3 Å². The number of anilines is 1. The van der Waals surface area contributed by atoms with Crippen molar-refractivity contribution >= 4 is 17.5 Å². The maximum atomic E-state index is 13.3. The van der Waals surface area contributed by atoms with Crippen LogP contribution in [0.25, 0.3) is 5.69 Å². The summed E-state index contributed by atoms with van der Waals surface area (Å²) < 4.78 is 40.8. The van der Waals surface area contributed by atoms with Crippen molar-refractivity contribution in [1.82, 2.24) is 19.9 Å². The maximum absolute atomic E-state index is 13.3. The van der Waals surface area contributed by atoms with Gasteiger partial charge in [-0.1, -0.05) is 29.5 Å². The van der Waals surface area contributed by atoms with Crippen LogP contribution in [0.4, 0.5) is 18.9 Å². The number of hydrogen-bond donors (Lipinski definition) is 1. The first-order valence-corrected chi connectivity index (χ1v) is 10.0. The van der Waals surface area contributed by atoms with E-state index >= 15 is 0 Å². The SMILES string of the molecule is Cc1cccc(C(=O)N2CCCC2)c1NC(=O)c1cn(-c2ccccc2C(F)(F)F)nn1. The van der Waals surface area contributed by atoms with Crippen LogP contribution in [0, 0.1) is 6.92 Å². The van der Waals surface area contributed by atoms with Crippen molar-refractivity contribution < 1.29 is 22.8 Å². The molecule has 0 atom stereocenters. The molecule has 2 amide bonds. The number of carbonyl (C=O) groups is 2. The van der Waals surface area contributed by atoms with Crippen molar-refractivity contribution in [1.29, 1.82) is 0 Å². The summed E-state index contributed by atoms with van der Waals surface area (Å²) in [6.45, 7) is 3.08. The quantitative estimate of drug-likeness (QED) is 0.659. The van der Waals surface area contributed by atoms with Crippen LogP contribution in [0.3, 0.4) is 0 Å². The standard InChI is InChI=1S/C22H20F3N5O2/c1-14-7-6-8-15(21(32)29-11-4-5-12-29)19(14)26-20(31)17-13-30(28-27-17)18-10-3-2-9-16(18)22(23,24)25/h2-3,6-10,13H,4-5,11-12H2,1H3,(H,26,31). The zero-order chi connectivity index (χ0) is 22.9. The molecular formula is C22H20F3N5O2. The van der Waals surface area contributed by atoms with Crippen LogP contribution in [-0.2, 0) is 6.18 Å². The molecule has 4 rings (SSSR count). The zero-order valence-corrected chi connectivity index (χ0v) is 17.2. The minimum absolute atomic E-state index is 0.176. The molecule has 1 aromatic heterocycles. The van der Waals surface area contributed by atoms with E-state index in [0.29, 0.717) is 29.9 Å². The number of nitrogens with one attached hydrogen (secondary N) is 1. The Kier molecular flexibility index (Phi) is 5.68.